The highest BCUT2D eigenvalue weighted by Crippen LogP contribution is 2.21. The average molecular weight is 346 g/mol. The highest BCUT2D eigenvalue weighted by Gasteiger charge is 2.19. The average Bonchev–Trinajstić information content (AvgIpc) is 3.17. The first-order valence-corrected chi connectivity index (χ1v) is 8.96. The maximum absolute atomic E-state index is 12.4. The van der Waals surface area contributed by atoms with Crippen LogP contribution in [0.15, 0.2) is 67.1 Å². The predicted octanol–water partition coefficient (Wildman–Crippen LogP) is 3.39. The van der Waals surface area contributed by atoms with Crippen molar-refractivity contribution < 1.29 is 4.79 Å². The SMILES string of the molecule is O=C(CCNc1ccc(-c2ccccc2)cc1)N1CCn2cncc2C1. The summed E-state index contributed by atoms with van der Waals surface area (Å²) in [4.78, 5) is 18.5. The molecule has 132 valence electrons. The second-order valence-corrected chi connectivity index (χ2v) is 6.51. The number of amides is 1. The van der Waals surface area contributed by atoms with Crippen LogP contribution in [0, 0.1) is 0 Å². The summed E-state index contributed by atoms with van der Waals surface area (Å²) in [5.41, 5.74) is 4.54. The number of rotatable bonds is 5. The van der Waals surface area contributed by atoms with E-state index in [4.69, 9.17) is 0 Å². The summed E-state index contributed by atoms with van der Waals surface area (Å²) in [7, 11) is 0. The summed E-state index contributed by atoms with van der Waals surface area (Å²) in [5, 5.41) is 3.34. The van der Waals surface area contributed by atoms with Gasteiger partial charge in [-0.25, -0.2) is 4.98 Å². The van der Waals surface area contributed by atoms with E-state index in [1.165, 1.54) is 11.1 Å². The largest absolute Gasteiger partial charge is 0.385 e. The van der Waals surface area contributed by atoms with Crippen molar-refractivity contribution in [2.75, 3.05) is 18.4 Å². The molecular weight excluding hydrogens is 324 g/mol. The summed E-state index contributed by atoms with van der Waals surface area (Å²) < 4.78 is 2.11. The zero-order chi connectivity index (χ0) is 17.8. The normalized spacial score (nSPS) is 13.3. The van der Waals surface area contributed by atoms with Gasteiger partial charge in [-0.05, 0) is 23.3 Å². The molecule has 4 rings (SSSR count). The number of fused-ring (bicyclic) bond motifs is 1. The molecule has 0 fully saturated rings. The van der Waals surface area contributed by atoms with Gasteiger partial charge in [-0.2, -0.15) is 0 Å². The molecule has 0 spiro atoms. The quantitative estimate of drug-likeness (QED) is 0.770. The highest BCUT2D eigenvalue weighted by atomic mass is 16.2. The van der Waals surface area contributed by atoms with Gasteiger partial charge in [-0.1, -0.05) is 42.5 Å². The fourth-order valence-corrected chi connectivity index (χ4v) is 3.28. The Kier molecular flexibility index (Phi) is 4.69. The van der Waals surface area contributed by atoms with Crippen LogP contribution < -0.4 is 5.32 Å². The van der Waals surface area contributed by atoms with Crippen LogP contribution in [0.5, 0.6) is 0 Å². The minimum Gasteiger partial charge on any atom is -0.385 e. The van der Waals surface area contributed by atoms with Crippen LogP contribution in [0.4, 0.5) is 5.69 Å². The Hall–Kier alpha value is -3.08. The third-order valence-electron chi connectivity index (χ3n) is 4.77. The molecular formula is C21H22N4O. The van der Waals surface area contributed by atoms with Crippen molar-refractivity contribution in [3.05, 3.63) is 72.8 Å². The summed E-state index contributed by atoms with van der Waals surface area (Å²) in [6.45, 7) is 2.88. The Morgan fingerprint density at radius 2 is 1.77 bits per heavy atom. The van der Waals surface area contributed by atoms with Crippen molar-refractivity contribution in [2.45, 2.75) is 19.5 Å². The smallest absolute Gasteiger partial charge is 0.224 e. The first-order valence-electron chi connectivity index (χ1n) is 8.96. The first kappa shape index (κ1) is 16.4. The number of hydrogen-bond donors (Lipinski definition) is 1. The number of aromatic nitrogens is 2. The molecule has 26 heavy (non-hydrogen) atoms. The van der Waals surface area contributed by atoms with E-state index in [1.54, 1.807) is 0 Å². The van der Waals surface area contributed by atoms with Crippen molar-refractivity contribution in [1.29, 1.82) is 0 Å². The van der Waals surface area contributed by atoms with Crippen molar-refractivity contribution >= 4 is 11.6 Å². The van der Waals surface area contributed by atoms with Crippen LogP contribution in [0.25, 0.3) is 11.1 Å². The topological polar surface area (TPSA) is 50.2 Å². The fraction of sp³-hybridized carbons (Fsp3) is 0.238. The lowest BCUT2D eigenvalue weighted by Crippen LogP contribution is -2.38. The van der Waals surface area contributed by atoms with Gasteiger partial charge < -0.3 is 14.8 Å². The molecule has 0 saturated heterocycles. The van der Waals surface area contributed by atoms with Gasteiger partial charge in [-0.15, -0.1) is 0 Å². The number of nitrogens with one attached hydrogen (secondary N) is 1. The van der Waals surface area contributed by atoms with E-state index in [0.29, 0.717) is 19.5 Å². The molecule has 0 unspecified atom stereocenters. The highest BCUT2D eigenvalue weighted by molar-refractivity contribution is 5.77. The molecule has 5 nitrogen and oxygen atoms in total. The molecule has 3 aromatic rings. The monoisotopic (exact) mass is 346 g/mol. The van der Waals surface area contributed by atoms with E-state index in [9.17, 15) is 4.79 Å². The van der Waals surface area contributed by atoms with Gasteiger partial charge in [-0.3, -0.25) is 4.79 Å². The fourth-order valence-electron chi connectivity index (χ4n) is 3.28. The minimum atomic E-state index is 0.186. The molecule has 1 aliphatic rings. The molecule has 0 radical (unpaired) electrons. The Morgan fingerprint density at radius 3 is 2.58 bits per heavy atom. The molecule has 5 heteroatoms. The number of carbonyl (C=O) groups excluding carboxylic acids is 1. The Bertz CT molecular complexity index is 871. The maximum Gasteiger partial charge on any atom is 0.224 e. The minimum absolute atomic E-state index is 0.186. The molecule has 0 saturated carbocycles. The lowest BCUT2D eigenvalue weighted by Gasteiger charge is -2.28. The van der Waals surface area contributed by atoms with Crippen LogP contribution in [-0.4, -0.2) is 33.4 Å². The van der Waals surface area contributed by atoms with Gasteiger partial charge in [0.05, 0.1) is 18.6 Å². The van der Waals surface area contributed by atoms with Crippen molar-refractivity contribution in [1.82, 2.24) is 14.5 Å². The lowest BCUT2D eigenvalue weighted by molar-refractivity contribution is -0.132. The number of anilines is 1. The van der Waals surface area contributed by atoms with Crippen LogP contribution in [0.1, 0.15) is 12.1 Å². The van der Waals surface area contributed by atoms with Gasteiger partial charge in [0.15, 0.2) is 0 Å². The van der Waals surface area contributed by atoms with E-state index in [-0.39, 0.29) is 5.91 Å². The van der Waals surface area contributed by atoms with E-state index >= 15 is 0 Å². The molecule has 0 bridgehead atoms. The van der Waals surface area contributed by atoms with Crippen molar-refractivity contribution in [3.63, 3.8) is 0 Å². The molecule has 2 aromatic carbocycles. The maximum atomic E-state index is 12.4. The molecule has 1 amide bonds. The van der Waals surface area contributed by atoms with E-state index < -0.39 is 0 Å². The number of nitrogens with zero attached hydrogens (tertiary/aromatic N) is 3. The van der Waals surface area contributed by atoms with Gasteiger partial charge >= 0.3 is 0 Å². The van der Waals surface area contributed by atoms with Crippen LogP contribution in [0.3, 0.4) is 0 Å². The molecule has 0 atom stereocenters. The van der Waals surface area contributed by atoms with Crippen LogP contribution in [0.2, 0.25) is 0 Å². The van der Waals surface area contributed by atoms with E-state index in [0.717, 1.165) is 24.5 Å². The molecule has 1 N–H and O–H groups in total. The zero-order valence-electron chi connectivity index (χ0n) is 14.6. The Balaban J connectivity index is 1.28. The standard InChI is InChI=1S/C21H22N4O/c26-21(24-12-13-25-16-22-14-20(25)15-24)10-11-23-19-8-6-18(7-9-19)17-4-2-1-3-5-17/h1-9,14,16,23H,10-13,15H2. The summed E-state index contributed by atoms with van der Waals surface area (Å²) in [6, 6.07) is 18.6. The third-order valence-corrected chi connectivity index (χ3v) is 4.77. The van der Waals surface area contributed by atoms with Gasteiger partial charge in [0.1, 0.15) is 0 Å². The van der Waals surface area contributed by atoms with Crippen molar-refractivity contribution in [3.8, 4) is 11.1 Å². The Labute approximate surface area is 153 Å². The Morgan fingerprint density at radius 1 is 1.00 bits per heavy atom. The van der Waals surface area contributed by atoms with Crippen LogP contribution in [-0.2, 0) is 17.9 Å². The number of imidazole rings is 1. The first-order chi connectivity index (χ1) is 12.8. The molecule has 1 aromatic heterocycles. The second-order valence-electron chi connectivity index (χ2n) is 6.51. The molecule has 2 heterocycles. The molecule has 1 aliphatic heterocycles. The number of benzene rings is 2. The zero-order valence-corrected chi connectivity index (χ0v) is 14.6. The van der Waals surface area contributed by atoms with Crippen LogP contribution >= 0.6 is 0 Å². The third kappa shape index (κ3) is 3.61. The summed E-state index contributed by atoms with van der Waals surface area (Å²) >= 11 is 0. The van der Waals surface area contributed by atoms with Crippen molar-refractivity contribution in [2.24, 2.45) is 0 Å². The second kappa shape index (κ2) is 7.44. The lowest BCUT2D eigenvalue weighted by atomic mass is 10.1. The van der Waals surface area contributed by atoms with E-state index in [1.807, 2.05) is 35.6 Å². The molecule has 0 aliphatic carbocycles. The van der Waals surface area contributed by atoms with Gasteiger partial charge in [0.25, 0.3) is 0 Å². The predicted molar refractivity (Wildman–Crippen MR) is 103 cm³/mol. The summed E-state index contributed by atoms with van der Waals surface area (Å²) in [5.74, 6) is 0.186. The van der Waals surface area contributed by atoms with Gasteiger partial charge in [0, 0.05) is 37.9 Å². The number of hydrogen-bond acceptors (Lipinski definition) is 3. The van der Waals surface area contributed by atoms with Gasteiger partial charge in [0.2, 0.25) is 5.91 Å². The summed E-state index contributed by atoms with van der Waals surface area (Å²) in [6.07, 6.45) is 4.17. The van der Waals surface area contributed by atoms with E-state index in [2.05, 4.69) is 51.3 Å². The number of carbonyl (C=O) groups is 1.